The molecule has 25 heavy (non-hydrogen) atoms. The van der Waals surface area contributed by atoms with Crippen molar-refractivity contribution in [1.82, 2.24) is 24.8 Å². The maximum Gasteiger partial charge on any atom is 0.131 e. The number of rotatable bonds is 5. The molecule has 1 atom stereocenters. The maximum absolute atomic E-state index is 5.94. The molecule has 3 aromatic heterocycles. The predicted octanol–water partition coefficient (Wildman–Crippen LogP) is 2.52. The number of H-pyrrole nitrogens is 1. The number of ether oxygens (including phenoxy) is 1. The quantitative estimate of drug-likeness (QED) is 0.745. The third-order valence-corrected chi connectivity index (χ3v) is 4.10. The van der Waals surface area contributed by atoms with Crippen molar-refractivity contribution in [1.29, 1.82) is 0 Å². The Labute approximate surface area is 146 Å². The molecular formula is C18H20N6O. The first-order valence-electron chi connectivity index (χ1n) is 8.34. The van der Waals surface area contributed by atoms with E-state index in [2.05, 4.69) is 25.2 Å². The SMILES string of the molecule is c1ccc(Nc2cccc(C3CN(Cc4ncc[nH]4)CCO3)n2)nc1. The van der Waals surface area contributed by atoms with Crippen LogP contribution in [-0.4, -0.2) is 44.5 Å². The van der Waals surface area contributed by atoms with E-state index in [4.69, 9.17) is 9.72 Å². The molecule has 0 spiro atoms. The average Bonchev–Trinajstić information content (AvgIpc) is 3.16. The third-order valence-electron chi connectivity index (χ3n) is 4.10. The lowest BCUT2D eigenvalue weighted by Crippen LogP contribution is -2.38. The van der Waals surface area contributed by atoms with Gasteiger partial charge in [-0.25, -0.2) is 15.0 Å². The van der Waals surface area contributed by atoms with Crippen molar-refractivity contribution in [2.45, 2.75) is 12.6 Å². The fraction of sp³-hybridized carbons (Fsp3) is 0.278. The number of hydrogen-bond acceptors (Lipinski definition) is 6. The Kier molecular flexibility index (Phi) is 4.67. The van der Waals surface area contributed by atoms with Crippen molar-refractivity contribution in [2.24, 2.45) is 0 Å². The second kappa shape index (κ2) is 7.42. The first-order chi connectivity index (χ1) is 12.4. The summed E-state index contributed by atoms with van der Waals surface area (Å²) in [7, 11) is 0. The summed E-state index contributed by atoms with van der Waals surface area (Å²) in [6, 6.07) is 11.7. The van der Waals surface area contributed by atoms with Gasteiger partial charge in [-0.15, -0.1) is 0 Å². The number of aromatic nitrogens is 4. The van der Waals surface area contributed by atoms with Gasteiger partial charge in [0.15, 0.2) is 0 Å². The van der Waals surface area contributed by atoms with Gasteiger partial charge in [0.1, 0.15) is 23.6 Å². The summed E-state index contributed by atoms with van der Waals surface area (Å²) in [5, 5.41) is 3.22. The topological polar surface area (TPSA) is 79.0 Å². The van der Waals surface area contributed by atoms with Gasteiger partial charge in [-0.05, 0) is 24.3 Å². The Morgan fingerprint density at radius 1 is 1.12 bits per heavy atom. The molecule has 1 saturated heterocycles. The predicted molar refractivity (Wildman–Crippen MR) is 94.3 cm³/mol. The Hall–Kier alpha value is -2.77. The lowest BCUT2D eigenvalue weighted by atomic mass is 10.2. The van der Waals surface area contributed by atoms with Crippen LogP contribution < -0.4 is 5.32 Å². The molecule has 2 N–H and O–H groups in total. The van der Waals surface area contributed by atoms with Gasteiger partial charge in [-0.1, -0.05) is 12.1 Å². The van der Waals surface area contributed by atoms with E-state index in [-0.39, 0.29) is 6.10 Å². The highest BCUT2D eigenvalue weighted by Crippen LogP contribution is 2.23. The van der Waals surface area contributed by atoms with Crippen LogP contribution in [0.25, 0.3) is 0 Å². The van der Waals surface area contributed by atoms with E-state index < -0.39 is 0 Å². The summed E-state index contributed by atoms with van der Waals surface area (Å²) in [5.74, 6) is 2.51. The fourth-order valence-electron chi connectivity index (χ4n) is 2.89. The number of hydrogen-bond donors (Lipinski definition) is 2. The fourth-order valence-corrected chi connectivity index (χ4v) is 2.89. The zero-order valence-electron chi connectivity index (χ0n) is 13.8. The monoisotopic (exact) mass is 336 g/mol. The second-order valence-electron chi connectivity index (χ2n) is 5.92. The summed E-state index contributed by atoms with van der Waals surface area (Å²) in [5.41, 5.74) is 0.921. The molecule has 7 heteroatoms. The first kappa shape index (κ1) is 15.7. The van der Waals surface area contributed by atoms with E-state index in [1.807, 2.05) is 42.6 Å². The van der Waals surface area contributed by atoms with Gasteiger partial charge >= 0.3 is 0 Å². The van der Waals surface area contributed by atoms with Crippen molar-refractivity contribution >= 4 is 11.6 Å². The van der Waals surface area contributed by atoms with E-state index in [1.165, 1.54) is 0 Å². The second-order valence-corrected chi connectivity index (χ2v) is 5.92. The molecule has 0 saturated carbocycles. The molecule has 0 radical (unpaired) electrons. The van der Waals surface area contributed by atoms with Crippen molar-refractivity contribution < 1.29 is 4.74 Å². The minimum absolute atomic E-state index is 0.0470. The smallest absolute Gasteiger partial charge is 0.131 e. The molecule has 0 amide bonds. The molecular weight excluding hydrogens is 316 g/mol. The molecule has 7 nitrogen and oxygen atoms in total. The van der Waals surface area contributed by atoms with Crippen LogP contribution in [0.5, 0.6) is 0 Å². The van der Waals surface area contributed by atoms with Crippen molar-refractivity contribution in [3.63, 3.8) is 0 Å². The zero-order chi connectivity index (χ0) is 16.9. The van der Waals surface area contributed by atoms with Crippen LogP contribution >= 0.6 is 0 Å². The van der Waals surface area contributed by atoms with E-state index in [9.17, 15) is 0 Å². The van der Waals surface area contributed by atoms with Crippen molar-refractivity contribution in [3.05, 3.63) is 66.5 Å². The molecule has 4 heterocycles. The van der Waals surface area contributed by atoms with Crippen LogP contribution in [0.3, 0.4) is 0 Å². The summed E-state index contributed by atoms with van der Waals surface area (Å²) in [6.45, 7) is 3.16. The molecule has 0 aliphatic carbocycles. The van der Waals surface area contributed by atoms with Gasteiger partial charge in [-0.3, -0.25) is 4.90 Å². The number of anilines is 2. The van der Waals surface area contributed by atoms with Crippen LogP contribution in [0.4, 0.5) is 11.6 Å². The Bertz CT molecular complexity index is 792. The maximum atomic E-state index is 5.94. The number of nitrogens with one attached hydrogen (secondary N) is 2. The van der Waals surface area contributed by atoms with Crippen LogP contribution in [0.15, 0.2) is 55.0 Å². The number of imidazole rings is 1. The van der Waals surface area contributed by atoms with Crippen LogP contribution in [0.2, 0.25) is 0 Å². The highest BCUT2D eigenvalue weighted by molar-refractivity contribution is 5.51. The minimum Gasteiger partial charge on any atom is -0.369 e. The number of aromatic amines is 1. The normalized spacial score (nSPS) is 18.2. The average molecular weight is 336 g/mol. The number of morpholine rings is 1. The van der Waals surface area contributed by atoms with E-state index >= 15 is 0 Å². The lowest BCUT2D eigenvalue weighted by Gasteiger charge is -2.32. The minimum atomic E-state index is -0.0470. The number of pyridine rings is 2. The standard InChI is InChI=1S/C18H20N6O/c1-2-7-19-16(5-1)23-17-6-3-4-14(22-17)15-12-24(10-11-25-15)13-18-20-8-9-21-18/h1-9,15H,10-13H2,(H,20,21)(H,19,22,23). The van der Waals surface area contributed by atoms with Gasteiger partial charge in [0, 0.05) is 31.7 Å². The molecule has 1 unspecified atom stereocenters. The van der Waals surface area contributed by atoms with Crippen molar-refractivity contribution in [2.75, 3.05) is 25.0 Å². The first-order valence-corrected chi connectivity index (χ1v) is 8.34. The highest BCUT2D eigenvalue weighted by atomic mass is 16.5. The van der Waals surface area contributed by atoms with Gasteiger partial charge in [0.25, 0.3) is 0 Å². The highest BCUT2D eigenvalue weighted by Gasteiger charge is 2.23. The Morgan fingerprint density at radius 2 is 2.08 bits per heavy atom. The van der Waals surface area contributed by atoms with Gasteiger partial charge < -0.3 is 15.0 Å². The summed E-state index contributed by atoms with van der Waals surface area (Å²) < 4.78 is 5.94. The van der Waals surface area contributed by atoms with Gasteiger partial charge in [0.05, 0.1) is 18.8 Å². The van der Waals surface area contributed by atoms with E-state index in [0.29, 0.717) is 6.61 Å². The van der Waals surface area contributed by atoms with E-state index in [0.717, 1.165) is 42.8 Å². The van der Waals surface area contributed by atoms with Crippen LogP contribution in [-0.2, 0) is 11.3 Å². The Morgan fingerprint density at radius 3 is 2.92 bits per heavy atom. The molecule has 1 aliphatic rings. The Balaban J connectivity index is 1.44. The molecule has 1 aliphatic heterocycles. The molecule has 0 aromatic carbocycles. The van der Waals surface area contributed by atoms with E-state index in [1.54, 1.807) is 12.4 Å². The zero-order valence-corrected chi connectivity index (χ0v) is 13.8. The number of nitrogens with zero attached hydrogens (tertiary/aromatic N) is 4. The van der Waals surface area contributed by atoms with Crippen LogP contribution in [0, 0.1) is 0 Å². The van der Waals surface area contributed by atoms with Gasteiger partial charge in [0.2, 0.25) is 0 Å². The summed E-state index contributed by atoms with van der Waals surface area (Å²) >= 11 is 0. The molecule has 4 rings (SSSR count). The largest absolute Gasteiger partial charge is 0.369 e. The van der Waals surface area contributed by atoms with Crippen LogP contribution in [0.1, 0.15) is 17.6 Å². The van der Waals surface area contributed by atoms with Crippen molar-refractivity contribution in [3.8, 4) is 0 Å². The lowest BCUT2D eigenvalue weighted by molar-refractivity contribution is -0.0356. The van der Waals surface area contributed by atoms with Gasteiger partial charge in [-0.2, -0.15) is 0 Å². The summed E-state index contributed by atoms with van der Waals surface area (Å²) in [6.07, 6.45) is 5.33. The molecule has 128 valence electrons. The molecule has 1 fully saturated rings. The summed E-state index contributed by atoms with van der Waals surface area (Å²) in [4.78, 5) is 18.7. The molecule has 0 bridgehead atoms. The molecule has 3 aromatic rings. The third kappa shape index (κ3) is 4.01.